The number of aryl methyl sites for hydroxylation is 1. The lowest BCUT2D eigenvalue weighted by Gasteiger charge is -2.04. The van der Waals surface area contributed by atoms with E-state index in [1.807, 2.05) is 0 Å². The lowest BCUT2D eigenvalue weighted by atomic mass is 10.0. The molecule has 0 fully saturated rings. The Morgan fingerprint density at radius 2 is 1.10 bits per heavy atom. The van der Waals surface area contributed by atoms with Gasteiger partial charge in [-0.15, -0.1) is 0 Å². The van der Waals surface area contributed by atoms with Crippen molar-refractivity contribution in [3.05, 3.63) is 35.4 Å². The minimum absolute atomic E-state index is 0.964. The van der Waals surface area contributed by atoms with Crippen molar-refractivity contribution in [1.29, 1.82) is 0 Å². The fraction of sp³-hybridized carbons (Fsp3) is 0.684. The third-order valence-electron chi connectivity index (χ3n) is 4.00. The molecule has 114 valence electrons. The van der Waals surface area contributed by atoms with Crippen molar-refractivity contribution in [2.45, 2.75) is 82.9 Å². The number of hydrogen-bond donors (Lipinski definition) is 0. The molecule has 1 aromatic rings. The number of benzene rings is 1. The van der Waals surface area contributed by atoms with Gasteiger partial charge in [-0.2, -0.15) is 0 Å². The first-order chi connectivity index (χ1) is 9.86. The van der Waals surface area contributed by atoms with Crippen molar-refractivity contribution in [3.63, 3.8) is 0 Å². The molecule has 0 N–H and O–H groups in total. The van der Waals surface area contributed by atoms with Gasteiger partial charge in [-0.25, -0.2) is 0 Å². The van der Waals surface area contributed by atoms with E-state index in [9.17, 15) is 0 Å². The molecule has 0 unspecified atom stereocenters. The summed E-state index contributed by atoms with van der Waals surface area (Å²) in [4.78, 5) is 0. The highest BCUT2D eigenvalue weighted by Crippen LogP contribution is 2.13. The van der Waals surface area contributed by atoms with Crippen LogP contribution in [0.25, 0.3) is 0 Å². The van der Waals surface area contributed by atoms with Gasteiger partial charge < -0.3 is 0 Å². The smallest absolute Gasteiger partial charge is 0.0283 e. The molecule has 0 aliphatic heterocycles. The van der Waals surface area contributed by atoms with Gasteiger partial charge in [-0.05, 0) is 24.0 Å². The Hall–Kier alpha value is -0.300. The average Bonchev–Trinajstić information content (AvgIpc) is 2.50. The Balaban J connectivity index is 1.91. The zero-order chi connectivity index (χ0) is 14.5. The summed E-state index contributed by atoms with van der Waals surface area (Å²) < 4.78 is 0. The summed E-state index contributed by atoms with van der Waals surface area (Å²) >= 11 is 3.49. The highest BCUT2D eigenvalue weighted by molar-refractivity contribution is 9.08. The van der Waals surface area contributed by atoms with E-state index in [2.05, 4.69) is 47.1 Å². The van der Waals surface area contributed by atoms with Gasteiger partial charge in [0.15, 0.2) is 0 Å². The summed E-state index contributed by atoms with van der Waals surface area (Å²) in [5.74, 6) is 0. The third kappa shape index (κ3) is 8.79. The first-order valence-corrected chi connectivity index (χ1v) is 9.62. The number of rotatable bonds is 12. The molecular weight excluding hydrogens is 308 g/mol. The maximum absolute atomic E-state index is 3.49. The summed E-state index contributed by atoms with van der Waals surface area (Å²) in [5, 5.41) is 0.964. The molecule has 0 atom stereocenters. The van der Waals surface area contributed by atoms with Crippen LogP contribution < -0.4 is 0 Å². The van der Waals surface area contributed by atoms with Crippen LogP contribution >= 0.6 is 15.9 Å². The first kappa shape index (κ1) is 17.8. The van der Waals surface area contributed by atoms with Crippen LogP contribution in [-0.4, -0.2) is 0 Å². The lowest BCUT2D eigenvalue weighted by molar-refractivity contribution is 0.556. The second-order valence-corrected chi connectivity index (χ2v) is 6.44. The van der Waals surface area contributed by atoms with Crippen LogP contribution in [0.3, 0.4) is 0 Å². The average molecular weight is 339 g/mol. The molecule has 20 heavy (non-hydrogen) atoms. The van der Waals surface area contributed by atoms with E-state index < -0.39 is 0 Å². The summed E-state index contributed by atoms with van der Waals surface area (Å²) in [7, 11) is 0. The fourth-order valence-electron chi connectivity index (χ4n) is 2.61. The molecule has 1 aromatic carbocycles. The van der Waals surface area contributed by atoms with E-state index >= 15 is 0 Å². The largest absolute Gasteiger partial charge is 0.0876 e. The van der Waals surface area contributed by atoms with Gasteiger partial charge in [0.2, 0.25) is 0 Å². The second-order valence-electron chi connectivity index (χ2n) is 5.88. The quantitative estimate of drug-likeness (QED) is 0.283. The molecule has 0 bridgehead atoms. The maximum atomic E-state index is 3.49. The van der Waals surface area contributed by atoms with E-state index in [4.69, 9.17) is 0 Å². The van der Waals surface area contributed by atoms with Crippen LogP contribution in [0.4, 0.5) is 0 Å². The molecule has 0 radical (unpaired) electrons. The molecule has 1 heteroatoms. The van der Waals surface area contributed by atoms with Gasteiger partial charge in [0.05, 0.1) is 0 Å². The standard InChI is InChI=1S/C19H31Br/c1-2-3-4-5-6-7-8-9-10-11-12-18-13-15-19(17-20)16-14-18/h13-16H,2-12,17H2,1H3. The van der Waals surface area contributed by atoms with Crippen LogP contribution in [0.15, 0.2) is 24.3 Å². The van der Waals surface area contributed by atoms with Gasteiger partial charge in [0, 0.05) is 5.33 Å². The molecule has 0 spiro atoms. The van der Waals surface area contributed by atoms with Gasteiger partial charge in [-0.3, -0.25) is 0 Å². The van der Waals surface area contributed by atoms with Crippen molar-refractivity contribution in [3.8, 4) is 0 Å². The Kier molecular flexibility index (Phi) is 11.0. The van der Waals surface area contributed by atoms with Crippen molar-refractivity contribution >= 4 is 15.9 Å². The highest BCUT2D eigenvalue weighted by atomic mass is 79.9. The van der Waals surface area contributed by atoms with Crippen molar-refractivity contribution in [2.75, 3.05) is 0 Å². The van der Waals surface area contributed by atoms with E-state index in [0.29, 0.717) is 0 Å². The molecule has 0 nitrogen and oxygen atoms in total. The Bertz CT molecular complexity index is 315. The summed E-state index contributed by atoms with van der Waals surface area (Å²) in [6.07, 6.45) is 15.4. The van der Waals surface area contributed by atoms with E-state index in [1.165, 1.54) is 81.8 Å². The molecule has 0 saturated heterocycles. The predicted octanol–water partition coefficient (Wildman–Crippen LogP) is 7.04. The van der Waals surface area contributed by atoms with Crippen molar-refractivity contribution in [2.24, 2.45) is 0 Å². The third-order valence-corrected chi connectivity index (χ3v) is 4.64. The zero-order valence-electron chi connectivity index (χ0n) is 13.2. The minimum Gasteiger partial charge on any atom is -0.0876 e. The normalized spacial score (nSPS) is 10.9. The molecule has 0 aliphatic rings. The molecule has 0 amide bonds. The van der Waals surface area contributed by atoms with Crippen LogP contribution in [0.5, 0.6) is 0 Å². The van der Waals surface area contributed by atoms with Crippen molar-refractivity contribution in [1.82, 2.24) is 0 Å². The summed E-state index contributed by atoms with van der Waals surface area (Å²) in [6.45, 7) is 2.29. The second kappa shape index (κ2) is 12.4. The van der Waals surface area contributed by atoms with E-state index in [-0.39, 0.29) is 0 Å². The molecule has 0 heterocycles. The topological polar surface area (TPSA) is 0 Å². The zero-order valence-corrected chi connectivity index (χ0v) is 14.8. The van der Waals surface area contributed by atoms with Gasteiger partial charge in [-0.1, -0.05) is 105 Å². The molecule has 0 aromatic heterocycles. The van der Waals surface area contributed by atoms with Crippen molar-refractivity contribution < 1.29 is 0 Å². The van der Waals surface area contributed by atoms with Crippen LogP contribution in [0, 0.1) is 0 Å². The van der Waals surface area contributed by atoms with Gasteiger partial charge in [0.1, 0.15) is 0 Å². The summed E-state index contributed by atoms with van der Waals surface area (Å²) in [6, 6.07) is 9.04. The number of halogens is 1. The fourth-order valence-corrected chi connectivity index (χ4v) is 2.99. The first-order valence-electron chi connectivity index (χ1n) is 8.50. The Morgan fingerprint density at radius 1 is 0.650 bits per heavy atom. The Morgan fingerprint density at radius 3 is 1.60 bits per heavy atom. The number of hydrogen-bond acceptors (Lipinski definition) is 0. The van der Waals surface area contributed by atoms with Gasteiger partial charge in [0.25, 0.3) is 0 Å². The highest BCUT2D eigenvalue weighted by Gasteiger charge is 1.96. The lowest BCUT2D eigenvalue weighted by Crippen LogP contribution is -1.87. The summed E-state index contributed by atoms with van der Waals surface area (Å²) in [5.41, 5.74) is 2.87. The molecule has 1 rings (SSSR count). The van der Waals surface area contributed by atoms with Crippen LogP contribution in [0.1, 0.15) is 82.3 Å². The van der Waals surface area contributed by atoms with E-state index in [1.54, 1.807) is 0 Å². The predicted molar refractivity (Wildman–Crippen MR) is 94.6 cm³/mol. The van der Waals surface area contributed by atoms with E-state index in [0.717, 1.165) is 5.33 Å². The Labute approximate surface area is 134 Å². The monoisotopic (exact) mass is 338 g/mol. The molecular formula is C19H31Br. The molecule has 0 aliphatic carbocycles. The number of alkyl halides is 1. The minimum atomic E-state index is 0.964. The van der Waals surface area contributed by atoms with Crippen LogP contribution in [-0.2, 0) is 11.8 Å². The van der Waals surface area contributed by atoms with Crippen LogP contribution in [0.2, 0.25) is 0 Å². The maximum Gasteiger partial charge on any atom is 0.0283 e. The SMILES string of the molecule is CCCCCCCCCCCCc1ccc(CBr)cc1. The van der Waals surface area contributed by atoms with Gasteiger partial charge >= 0.3 is 0 Å². The molecule has 0 saturated carbocycles. The number of unbranched alkanes of at least 4 members (excludes halogenated alkanes) is 9.